The van der Waals surface area contributed by atoms with Crippen molar-refractivity contribution in [3.63, 3.8) is 0 Å². The third-order valence-corrected chi connectivity index (χ3v) is 8.70. The van der Waals surface area contributed by atoms with Gasteiger partial charge in [0, 0.05) is 69.0 Å². The van der Waals surface area contributed by atoms with E-state index in [9.17, 15) is 12.8 Å². The predicted molar refractivity (Wildman–Crippen MR) is 152 cm³/mol. The number of nitrogens with zero attached hydrogens (tertiary/aromatic N) is 5. The maximum absolute atomic E-state index is 14.5. The SMILES string of the molecule is CNc1ncc(-c2ccc3c(CCCN4CCS(=O)(=O)CC4)cn(-c4cccc(N(C)C)c4)c3n2)cc1F. The number of halogens is 1. The highest BCUT2D eigenvalue weighted by Crippen LogP contribution is 2.30. The molecule has 1 aliphatic heterocycles. The molecule has 4 heterocycles. The number of benzene rings is 1. The zero-order chi connectivity index (χ0) is 26.9. The summed E-state index contributed by atoms with van der Waals surface area (Å²) in [5.41, 5.74) is 5.31. The van der Waals surface area contributed by atoms with E-state index < -0.39 is 15.7 Å². The third-order valence-electron chi connectivity index (χ3n) is 7.09. The van der Waals surface area contributed by atoms with Gasteiger partial charge in [0.15, 0.2) is 21.5 Å². The first-order chi connectivity index (χ1) is 18.2. The molecule has 3 aromatic heterocycles. The second-order valence-corrected chi connectivity index (χ2v) is 12.2. The molecule has 8 nitrogen and oxygen atoms in total. The molecular weight excluding hydrogens is 503 g/mol. The molecule has 1 fully saturated rings. The number of hydrogen-bond donors (Lipinski definition) is 1. The van der Waals surface area contributed by atoms with Gasteiger partial charge >= 0.3 is 0 Å². The lowest BCUT2D eigenvalue weighted by Crippen LogP contribution is -2.40. The van der Waals surface area contributed by atoms with Gasteiger partial charge in [0.05, 0.1) is 17.2 Å². The lowest BCUT2D eigenvalue weighted by Gasteiger charge is -2.26. The average Bonchev–Trinajstić information content (AvgIpc) is 3.27. The Hall–Kier alpha value is -3.50. The summed E-state index contributed by atoms with van der Waals surface area (Å²) in [6, 6.07) is 13.7. The normalized spacial score (nSPS) is 15.6. The Morgan fingerprint density at radius 3 is 2.61 bits per heavy atom. The monoisotopic (exact) mass is 536 g/mol. The zero-order valence-corrected chi connectivity index (χ0v) is 22.8. The van der Waals surface area contributed by atoms with Crippen molar-refractivity contribution in [2.75, 3.05) is 62.5 Å². The van der Waals surface area contributed by atoms with Gasteiger partial charge in [0.1, 0.15) is 5.65 Å². The maximum atomic E-state index is 14.5. The van der Waals surface area contributed by atoms with E-state index in [-0.39, 0.29) is 17.3 Å². The van der Waals surface area contributed by atoms with Crippen LogP contribution in [0.25, 0.3) is 28.0 Å². The van der Waals surface area contributed by atoms with Gasteiger partial charge in [-0.1, -0.05) is 6.07 Å². The smallest absolute Gasteiger partial charge is 0.166 e. The van der Waals surface area contributed by atoms with Crippen molar-refractivity contribution in [2.24, 2.45) is 0 Å². The average molecular weight is 537 g/mol. The Morgan fingerprint density at radius 1 is 1.11 bits per heavy atom. The molecule has 4 aromatic rings. The lowest BCUT2D eigenvalue weighted by molar-refractivity contribution is 0.292. The van der Waals surface area contributed by atoms with Gasteiger partial charge in [0.2, 0.25) is 0 Å². The Kier molecular flexibility index (Phi) is 7.36. The van der Waals surface area contributed by atoms with Gasteiger partial charge in [-0.3, -0.25) is 0 Å². The van der Waals surface area contributed by atoms with Crippen LogP contribution in [0.1, 0.15) is 12.0 Å². The van der Waals surface area contributed by atoms with Crippen molar-refractivity contribution in [1.82, 2.24) is 19.4 Å². The molecule has 0 bridgehead atoms. The zero-order valence-electron chi connectivity index (χ0n) is 22.0. The molecule has 1 saturated heterocycles. The number of aromatic nitrogens is 3. The number of aryl methyl sites for hydroxylation is 1. The number of anilines is 2. The van der Waals surface area contributed by atoms with E-state index >= 15 is 0 Å². The Morgan fingerprint density at radius 2 is 1.89 bits per heavy atom. The fourth-order valence-electron chi connectivity index (χ4n) is 4.88. The lowest BCUT2D eigenvalue weighted by atomic mass is 10.1. The maximum Gasteiger partial charge on any atom is 0.166 e. The van der Waals surface area contributed by atoms with Crippen LogP contribution >= 0.6 is 0 Å². The summed E-state index contributed by atoms with van der Waals surface area (Å²) < 4.78 is 40.1. The third kappa shape index (κ3) is 5.51. The summed E-state index contributed by atoms with van der Waals surface area (Å²) in [6.07, 6.45) is 5.52. The fourth-order valence-corrected chi connectivity index (χ4v) is 6.15. The van der Waals surface area contributed by atoms with E-state index in [1.165, 1.54) is 11.6 Å². The molecule has 200 valence electrons. The van der Waals surface area contributed by atoms with Gasteiger partial charge in [-0.15, -0.1) is 0 Å². The highest BCUT2D eigenvalue weighted by Gasteiger charge is 2.21. The van der Waals surface area contributed by atoms with E-state index in [0.29, 0.717) is 24.3 Å². The molecule has 0 spiro atoms. The second-order valence-electron chi connectivity index (χ2n) is 9.91. The van der Waals surface area contributed by atoms with Gasteiger partial charge in [-0.2, -0.15) is 0 Å². The number of fused-ring (bicyclic) bond motifs is 1. The first-order valence-corrected chi connectivity index (χ1v) is 14.6. The fraction of sp³-hybridized carbons (Fsp3) is 0.357. The van der Waals surface area contributed by atoms with Crippen LogP contribution in [-0.2, 0) is 16.3 Å². The molecule has 1 N–H and O–H groups in total. The molecule has 0 atom stereocenters. The second kappa shape index (κ2) is 10.7. The number of pyridine rings is 2. The molecule has 5 rings (SSSR count). The standard InChI is InChI=1S/C28H33FN6O2S/c1-30-27-25(29)16-21(18-31-27)26-10-9-24-20(6-5-11-34-12-14-38(36,37)15-13-34)19-35(28(24)32-26)23-8-4-7-22(17-23)33(2)3/h4,7-10,16-19H,5-6,11-15H2,1-3H3,(H,30,31). The van der Waals surface area contributed by atoms with Gasteiger partial charge in [-0.05, 0) is 61.3 Å². The van der Waals surface area contributed by atoms with Crippen molar-refractivity contribution < 1.29 is 12.8 Å². The number of nitrogens with one attached hydrogen (secondary N) is 1. The minimum atomic E-state index is -2.88. The highest BCUT2D eigenvalue weighted by atomic mass is 32.2. The summed E-state index contributed by atoms with van der Waals surface area (Å²) in [5.74, 6) is 0.261. The van der Waals surface area contributed by atoms with E-state index in [0.717, 1.165) is 41.8 Å². The summed E-state index contributed by atoms with van der Waals surface area (Å²) in [5, 5.41) is 3.80. The molecule has 0 unspecified atom stereocenters. The number of hydrogen-bond acceptors (Lipinski definition) is 7. The molecule has 0 radical (unpaired) electrons. The summed E-state index contributed by atoms with van der Waals surface area (Å²) in [7, 11) is 2.78. The van der Waals surface area contributed by atoms with Crippen LogP contribution in [0, 0.1) is 5.82 Å². The Labute approximate surface area is 223 Å². The molecule has 0 aliphatic carbocycles. The highest BCUT2D eigenvalue weighted by molar-refractivity contribution is 7.91. The summed E-state index contributed by atoms with van der Waals surface area (Å²) >= 11 is 0. The first kappa shape index (κ1) is 26.1. The summed E-state index contributed by atoms with van der Waals surface area (Å²) in [6.45, 7) is 2.05. The van der Waals surface area contributed by atoms with E-state index in [1.54, 1.807) is 13.2 Å². The van der Waals surface area contributed by atoms with Crippen LogP contribution in [0.3, 0.4) is 0 Å². The first-order valence-electron chi connectivity index (χ1n) is 12.8. The molecule has 1 aliphatic rings. The van der Waals surface area contributed by atoms with Crippen LogP contribution in [0.2, 0.25) is 0 Å². The Bertz CT molecular complexity index is 1550. The predicted octanol–water partition coefficient (Wildman–Crippen LogP) is 4.00. The van der Waals surface area contributed by atoms with Crippen molar-refractivity contribution in [2.45, 2.75) is 12.8 Å². The quantitative estimate of drug-likeness (QED) is 0.365. The number of sulfone groups is 1. The Balaban J connectivity index is 1.49. The van der Waals surface area contributed by atoms with Crippen LogP contribution in [0.5, 0.6) is 0 Å². The van der Waals surface area contributed by atoms with Crippen molar-refractivity contribution >= 4 is 32.4 Å². The van der Waals surface area contributed by atoms with E-state index in [2.05, 4.69) is 55.1 Å². The number of rotatable bonds is 8. The van der Waals surface area contributed by atoms with Gasteiger partial charge < -0.3 is 19.7 Å². The van der Waals surface area contributed by atoms with Gasteiger partial charge in [-0.25, -0.2) is 22.8 Å². The van der Waals surface area contributed by atoms with E-state index in [4.69, 9.17) is 4.98 Å². The minimum Gasteiger partial charge on any atom is -0.378 e. The topological polar surface area (TPSA) is 83.4 Å². The van der Waals surface area contributed by atoms with Crippen LogP contribution in [-0.4, -0.2) is 80.1 Å². The van der Waals surface area contributed by atoms with Gasteiger partial charge in [0.25, 0.3) is 0 Å². The van der Waals surface area contributed by atoms with E-state index in [1.807, 2.05) is 26.2 Å². The van der Waals surface area contributed by atoms with Crippen molar-refractivity contribution in [3.8, 4) is 16.9 Å². The molecule has 1 aromatic carbocycles. The molecule has 10 heteroatoms. The molecule has 0 saturated carbocycles. The molecule has 38 heavy (non-hydrogen) atoms. The van der Waals surface area contributed by atoms with Crippen molar-refractivity contribution in [1.29, 1.82) is 0 Å². The summed E-state index contributed by atoms with van der Waals surface area (Å²) in [4.78, 5) is 13.4. The minimum absolute atomic E-state index is 0.201. The van der Waals surface area contributed by atoms with Crippen molar-refractivity contribution in [3.05, 3.63) is 66.2 Å². The largest absolute Gasteiger partial charge is 0.378 e. The van der Waals surface area contributed by atoms with Crippen LogP contribution in [0.4, 0.5) is 15.9 Å². The molecular formula is C28H33FN6O2S. The van der Waals surface area contributed by atoms with Crippen LogP contribution in [0.15, 0.2) is 54.9 Å². The van der Waals surface area contributed by atoms with Crippen LogP contribution < -0.4 is 10.2 Å². The molecule has 0 amide bonds.